The number of hydrogen-bond donors (Lipinski definition) is 0. The largest absolute Gasteiger partial charge is 0.339 e. The summed E-state index contributed by atoms with van der Waals surface area (Å²) in [6.07, 6.45) is 5.53. The Kier molecular flexibility index (Phi) is 3.44. The number of hydrogen-bond acceptors (Lipinski definition) is 6. The molecule has 0 spiro atoms. The second-order valence-electron chi connectivity index (χ2n) is 6.34. The van der Waals surface area contributed by atoms with Gasteiger partial charge in [-0.2, -0.15) is 4.98 Å². The highest BCUT2D eigenvalue weighted by Crippen LogP contribution is 2.39. The Morgan fingerprint density at radius 3 is 2.82 bits per heavy atom. The Balaban J connectivity index is 1.51. The van der Waals surface area contributed by atoms with E-state index in [1.54, 1.807) is 0 Å². The summed E-state index contributed by atoms with van der Waals surface area (Å²) in [6, 6.07) is 0.241. The Morgan fingerprint density at radius 1 is 1.23 bits per heavy atom. The summed E-state index contributed by atoms with van der Waals surface area (Å²) < 4.78 is 7.44. The van der Waals surface area contributed by atoms with Gasteiger partial charge in [0, 0.05) is 19.4 Å². The Bertz CT molecular complexity index is 659. The number of nitrogens with zero attached hydrogens (tertiary/aromatic N) is 6. The first-order valence-corrected chi connectivity index (χ1v) is 8.21. The van der Waals surface area contributed by atoms with Gasteiger partial charge in [0.25, 0.3) is 0 Å². The molecule has 0 aromatic carbocycles. The van der Waals surface area contributed by atoms with Crippen LogP contribution in [0.5, 0.6) is 0 Å². The van der Waals surface area contributed by atoms with Gasteiger partial charge in [-0.15, -0.1) is 10.2 Å². The zero-order valence-electron chi connectivity index (χ0n) is 13.2. The first kappa shape index (κ1) is 13.9. The summed E-state index contributed by atoms with van der Waals surface area (Å²) in [5.41, 5.74) is 0. The van der Waals surface area contributed by atoms with E-state index in [4.69, 9.17) is 4.52 Å². The van der Waals surface area contributed by atoms with Crippen LogP contribution in [0.1, 0.15) is 67.9 Å². The Labute approximate surface area is 129 Å². The molecule has 3 heterocycles. The van der Waals surface area contributed by atoms with E-state index in [1.165, 1.54) is 12.8 Å². The van der Waals surface area contributed by atoms with Crippen molar-refractivity contribution in [1.29, 1.82) is 0 Å². The van der Waals surface area contributed by atoms with Crippen LogP contribution in [-0.4, -0.2) is 36.3 Å². The molecule has 0 bridgehead atoms. The van der Waals surface area contributed by atoms with E-state index in [1.807, 2.05) is 6.92 Å². The van der Waals surface area contributed by atoms with Crippen LogP contribution in [0, 0.1) is 0 Å². The lowest BCUT2D eigenvalue weighted by Gasteiger charge is -2.21. The predicted octanol–water partition coefficient (Wildman–Crippen LogP) is 1.98. The Morgan fingerprint density at radius 2 is 2.09 bits per heavy atom. The van der Waals surface area contributed by atoms with Gasteiger partial charge in [-0.3, -0.25) is 4.90 Å². The van der Waals surface area contributed by atoms with Gasteiger partial charge in [-0.1, -0.05) is 12.1 Å². The van der Waals surface area contributed by atoms with E-state index in [0.717, 1.165) is 55.7 Å². The highest BCUT2D eigenvalue weighted by molar-refractivity contribution is 5.08. The van der Waals surface area contributed by atoms with Crippen molar-refractivity contribution in [1.82, 2.24) is 29.8 Å². The first-order valence-electron chi connectivity index (χ1n) is 8.21. The fraction of sp³-hybridized carbons (Fsp3) is 0.733. The molecule has 1 saturated carbocycles. The average Bonchev–Trinajstić information content (AvgIpc) is 2.95. The minimum atomic E-state index is 0.241. The summed E-state index contributed by atoms with van der Waals surface area (Å²) in [5, 5.41) is 12.9. The maximum absolute atomic E-state index is 5.27. The molecule has 1 aliphatic carbocycles. The van der Waals surface area contributed by atoms with Crippen LogP contribution in [0.3, 0.4) is 0 Å². The lowest BCUT2D eigenvalue weighted by molar-refractivity contribution is 0.226. The van der Waals surface area contributed by atoms with Crippen molar-refractivity contribution in [3.8, 4) is 0 Å². The average molecular weight is 302 g/mol. The summed E-state index contributed by atoms with van der Waals surface area (Å²) in [5.74, 6) is 4.34. The van der Waals surface area contributed by atoms with Gasteiger partial charge in [0.2, 0.25) is 5.89 Å². The molecule has 118 valence electrons. The first-order chi connectivity index (χ1) is 10.8. The van der Waals surface area contributed by atoms with Gasteiger partial charge >= 0.3 is 0 Å². The molecule has 2 aromatic rings. The third-order valence-electron chi connectivity index (χ3n) is 4.73. The monoisotopic (exact) mass is 302 g/mol. The minimum Gasteiger partial charge on any atom is -0.339 e. The summed E-state index contributed by atoms with van der Waals surface area (Å²) in [4.78, 5) is 6.90. The molecule has 0 amide bonds. The second kappa shape index (κ2) is 5.46. The zero-order chi connectivity index (χ0) is 15.1. The molecule has 0 unspecified atom stereocenters. The fourth-order valence-corrected chi connectivity index (χ4v) is 3.25. The molecule has 0 radical (unpaired) electrons. The van der Waals surface area contributed by atoms with E-state index in [9.17, 15) is 0 Å². The minimum absolute atomic E-state index is 0.241. The third-order valence-corrected chi connectivity index (χ3v) is 4.73. The molecule has 1 atom stereocenters. The van der Waals surface area contributed by atoms with Crippen molar-refractivity contribution in [2.45, 2.75) is 57.5 Å². The van der Waals surface area contributed by atoms with Gasteiger partial charge in [0.1, 0.15) is 11.6 Å². The van der Waals surface area contributed by atoms with E-state index < -0.39 is 0 Å². The van der Waals surface area contributed by atoms with Gasteiger partial charge < -0.3 is 9.09 Å². The van der Waals surface area contributed by atoms with Gasteiger partial charge in [0.15, 0.2) is 5.82 Å². The van der Waals surface area contributed by atoms with Crippen molar-refractivity contribution in [2.24, 2.45) is 7.05 Å². The number of likely N-dealkylation sites (tertiary alicyclic amines) is 1. The van der Waals surface area contributed by atoms with Crippen LogP contribution in [0.15, 0.2) is 4.52 Å². The quantitative estimate of drug-likeness (QED) is 0.841. The third kappa shape index (κ3) is 2.43. The summed E-state index contributed by atoms with van der Waals surface area (Å²) in [6.45, 7) is 3.88. The van der Waals surface area contributed by atoms with E-state index >= 15 is 0 Å². The molecule has 1 aliphatic heterocycles. The molecule has 7 nitrogen and oxygen atoms in total. The van der Waals surface area contributed by atoms with Crippen LogP contribution in [-0.2, 0) is 20.0 Å². The molecule has 22 heavy (non-hydrogen) atoms. The van der Waals surface area contributed by atoms with Crippen LogP contribution in [0.4, 0.5) is 0 Å². The second-order valence-corrected chi connectivity index (χ2v) is 6.34. The molecule has 2 aromatic heterocycles. The van der Waals surface area contributed by atoms with E-state index in [-0.39, 0.29) is 6.04 Å². The summed E-state index contributed by atoms with van der Waals surface area (Å²) in [7, 11) is 2.08. The van der Waals surface area contributed by atoms with Gasteiger partial charge in [-0.25, -0.2) is 0 Å². The zero-order valence-corrected chi connectivity index (χ0v) is 13.2. The van der Waals surface area contributed by atoms with Gasteiger partial charge in [-0.05, 0) is 32.2 Å². The normalized spacial score (nSPS) is 22.5. The van der Waals surface area contributed by atoms with E-state index in [2.05, 4.69) is 36.9 Å². The molecule has 0 N–H and O–H groups in total. The highest BCUT2D eigenvalue weighted by Gasteiger charge is 2.33. The van der Waals surface area contributed by atoms with Crippen LogP contribution in [0.2, 0.25) is 0 Å². The number of rotatable bonds is 5. The molecule has 4 rings (SSSR count). The van der Waals surface area contributed by atoms with Crippen LogP contribution in [0.25, 0.3) is 0 Å². The molecule has 2 fully saturated rings. The SMILES string of the molecule is CCc1nc([C@@H]2CCCN2Cc2nnc(C3CC3)n2C)no1. The van der Waals surface area contributed by atoms with Crippen molar-refractivity contribution in [3.05, 3.63) is 23.4 Å². The summed E-state index contributed by atoms with van der Waals surface area (Å²) >= 11 is 0. The Hall–Kier alpha value is -1.76. The molecular formula is C15H22N6O. The molecule has 1 saturated heterocycles. The topological polar surface area (TPSA) is 72.9 Å². The number of aromatic nitrogens is 5. The van der Waals surface area contributed by atoms with Crippen molar-refractivity contribution < 1.29 is 4.52 Å². The molecule has 2 aliphatic rings. The number of aryl methyl sites for hydroxylation is 1. The van der Waals surface area contributed by atoms with E-state index in [0.29, 0.717) is 5.92 Å². The van der Waals surface area contributed by atoms with Crippen LogP contribution >= 0.6 is 0 Å². The van der Waals surface area contributed by atoms with Crippen molar-refractivity contribution in [2.75, 3.05) is 6.54 Å². The highest BCUT2D eigenvalue weighted by atomic mass is 16.5. The molecular weight excluding hydrogens is 280 g/mol. The predicted molar refractivity (Wildman–Crippen MR) is 79.0 cm³/mol. The van der Waals surface area contributed by atoms with Crippen molar-refractivity contribution in [3.63, 3.8) is 0 Å². The van der Waals surface area contributed by atoms with Gasteiger partial charge in [0.05, 0.1) is 12.6 Å². The lowest BCUT2D eigenvalue weighted by atomic mass is 10.2. The lowest BCUT2D eigenvalue weighted by Crippen LogP contribution is -2.25. The van der Waals surface area contributed by atoms with Crippen LogP contribution < -0.4 is 0 Å². The maximum Gasteiger partial charge on any atom is 0.226 e. The molecule has 7 heteroatoms. The maximum atomic E-state index is 5.27. The van der Waals surface area contributed by atoms with Crippen molar-refractivity contribution >= 4 is 0 Å². The standard InChI is InChI=1S/C15H22N6O/c1-3-13-16-14(19-22-13)11-5-4-8-21(11)9-12-17-18-15(20(12)2)10-6-7-10/h10-11H,3-9H2,1-2H3/t11-/m0/s1. The fourth-order valence-electron chi connectivity index (χ4n) is 3.25. The smallest absolute Gasteiger partial charge is 0.226 e.